The van der Waals surface area contributed by atoms with Gasteiger partial charge in [0.15, 0.2) is 0 Å². The second-order valence-electron chi connectivity index (χ2n) is 11.5. The zero-order valence-electron chi connectivity index (χ0n) is 23.9. The first-order valence-corrected chi connectivity index (χ1v) is 14.2. The quantitative estimate of drug-likeness (QED) is 0.128. The number of aromatic nitrogens is 1. The van der Waals surface area contributed by atoms with E-state index < -0.39 is 51.8 Å². The van der Waals surface area contributed by atoms with E-state index in [1.54, 1.807) is 30.5 Å². The predicted octanol–water partition coefficient (Wildman–Crippen LogP) is 6.67. The monoisotopic (exact) mass is 630 g/mol. The van der Waals surface area contributed by atoms with Crippen molar-refractivity contribution >= 4 is 28.0 Å². The lowest BCUT2D eigenvalue weighted by molar-refractivity contribution is -0.143. The van der Waals surface area contributed by atoms with Crippen molar-refractivity contribution in [3.63, 3.8) is 0 Å². The summed E-state index contributed by atoms with van der Waals surface area (Å²) in [5.74, 6) is 1.16. The number of halogens is 6. The standard InChI is InChI=1S/C32H28F6N4O3/c1-3-16-15-42-9-7-17(16)10-25(42)26(22-6-8-39-24-5-4-21(45-2)14-23(22)24)41-28-27(29(43)30(28)44)40-20-12-18(31(33,34)35)11-19(13-20)32(36,37)38/h3-6,8,11-14,16-17,25-26,40-41H,1,7,9-10,15H2,2H3/t16-,17+,25+,26+/m1/s1. The van der Waals surface area contributed by atoms with Crippen LogP contribution in [0.15, 0.2) is 70.9 Å². The van der Waals surface area contributed by atoms with Gasteiger partial charge in [0.05, 0.1) is 29.8 Å². The normalized spacial score (nSPS) is 22.4. The van der Waals surface area contributed by atoms with Crippen molar-refractivity contribution in [1.29, 1.82) is 0 Å². The molecule has 0 amide bonds. The van der Waals surface area contributed by atoms with Gasteiger partial charge in [-0.25, -0.2) is 0 Å². The first kappa shape index (κ1) is 30.6. The van der Waals surface area contributed by atoms with Crippen LogP contribution in [0.25, 0.3) is 10.9 Å². The molecule has 7 nitrogen and oxygen atoms in total. The number of rotatable bonds is 8. The number of hydrogen-bond acceptors (Lipinski definition) is 7. The molecule has 4 heterocycles. The van der Waals surface area contributed by atoms with Crippen molar-refractivity contribution in [2.24, 2.45) is 11.8 Å². The minimum absolute atomic E-state index is 0.00556. The molecule has 1 aromatic heterocycles. The molecule has 0 spiro atoms. The molecule has 7 rings (SSSR count). The Bertz CT molecular complexity index is 1810. The Morgan fingerprint density at radius 3 is 2.29 bits per heavy atom. The van der Waals surface area contributed by atoms with Crippen molar-refractivity contribution < 1.29 is 31.1 Å². The molecule has 3 aliphatic heterocycles. The SMILES string of the molecule is C=C[C@@H]1CN2CC[C@H]1C[C@H]2[C@@H](Nc1c(Nc2cc(C(F)(F)F)cc(C(F)(F)F)c2)c(=O)c1=O)c1ccnc2ccc(OC)cc12. The Hall–Kier alpha value is -4.39. The number of nitrogens with zero attached hydrogens (tertiary/aromatic N) is 2. The molecule has 3 saturated heterocycles. The third-order valence-electron chi connectivity index (χ3n) is 8.92. The molecule has 3 aromatic carbocycles. The first-order chi connectivity index (χ1) is 21.3. The van der Waals surface area contributed by atoms with E-state index in [4.69, 9.17) is 4.74 Å². The lowest BCUT2D eigenvalue weighted by Gasteiger charge is -2.52. The largest absolute Gasteiger partial charge is 0.497 e. The highest BCUT2D eigenvalue weighted by Crippen LogP contribution is 2.44. The number of nitrogens with one attached hydrogen (secondary N) is 2. The second-order valence-corrected chi connectivity index (χ2v) is 11.5. The highest BCUT2D eigenvalue weighted by Gasteiger charge is 2.44. The average Bonchev–Trinajstić information content (AvgIpc) is 3.03. The summed E-state index contributed by atoms with van der Waals surface area (Å²) in [6.07, 6.45) is -4.94. The van der Waals surface area contributed by atoms with E-state index >= 15 is 0 Å². The number of hydrogen-bond donors (Lipinski definition) is 2. The molecule has 0 aliphatic carbocycles. The zero-order chi connectivity index (χ0) is 32.3. The Kier molecular flexibility index (Phi) is 7.62. The molecular formula is C32H28F6N4O3. The molecule has 2 N–H and O–H groups in total. The Balaban J connectivity index is 1.43. The number of fused-ring (bicyclic) bond motifs is 4. The first-order valence-electron chi connectivity index (χ1n) is 14.2. The summed E-state index contributed by atoms with van der Waals surface area (Å²) in [6, 6.07) is 7.29. The van der Waals surface area contributed by atoms with E-state index in [1.807, 2.05) is 6.08 Å². The smallest absolute Gasteiger partial charge is 0.416 e. The third-order valence-corrected chi connectivity index (χ3v) is 8.92. The lowest BCUT2D eigenvalue weighted by atomic mass is 9.73. The van der Waals surface area contributed by atoms with Gasteiger partial charge in [0.2, 0.25) is 0 Å². The van der Waals surface area contributed by atoms with Gasteiger partial charge in [-0.2, -0.15) is 26.3 Å². The molecular weight excluding hydrogens is 602 g/mol. The predicted molar refractivity (Wildman–Crippen MR) is 158 cm³/mol. The number of ether oxygens (including phenoxy) is 1. The molecule has 3 fully saturated rings. The van der Waals surface area contributed by atoms with E-state index in [0.29, 0.717) is 29.3 Å². The fourth-order valence-corrected chi connectivity index (χ4v) is 6.63. The number of benzene rings is 2. The van der Waals surface area contributed by atoms with Crippen molar-refractivity contribution in [1.82, 2.24) is 9.88 Å². The van der Waals surface area contributed by atoms with E-state index in [0.717, 1.165) is 36.9 Å². The maximum Gasteiger partial charge on any atom is 0.416 e. The van der Waals surface area contributed by atoms with Crippen LogP contribution in [0.1, 0.15) is 35.6 Å². The number of methoxy groups -OCH3 is 1. The molecule has 4 aromatic rings. The molecule has 2 bridgehead atoms. The van der Waals surface area contributed by atoms with Crippen molar-refractivity contribution in [3.05, 3.63) is 98.5 Å². The molecule has 45 heavy (non-hydrogen) atoms. The molecule has 0 radical (unpaired) electrons. The van der Waals surface area contributed by atoms with Crippen LogP contribution < -0.4 is 26.2 Å². The van der Waals surface area contributed by atoms with Gasteiger partial charge in [0.1, 0.15) is 17.1 Å². The molecule has 236 valence electrons. The lowest BCUT2D eigenvalue weighted by Crippen LogP contribution is -2.56. The van der Waals surface area contributed by atoms with Crippen LogP contribution in [0.5, 0.6) is 5.75 Å². The van der Waals surface area contributed by atoms with Gasteiger partial charge >= 0.3 is 12.4 Å². The second kappa shape index (κ2) is 11.2. The number of pyridine rings is 1. The van der Waals surface area contributed by atoms with Crippen LogP contribution in [0.2, 0.25) is 0 Å². The Labute approximate surface area is 253 Å². The molecule has 13 heteroatoms. The summed E-state index contributed by atoms with van der Waals surface area (Å²) in [4.78, 5) is 32.4. The summed E-state index contributed by atoms with van der Waals surface area (Å²) >= 11 is 0. The number of anilines is 3. The van der Waals surface area contributed by atoms with E-state index in [9.17, 15) is 35.9 Å². The van der Waals surface area contributed by atoms with Crippen LogP contribution in [0, 0.1) is 11.8 Å². The third kappa shape index (κ3) is 5.65. The summed E-state index contributed by atoms with van der Waals surface area (Å²) in [7, 11) is 1.52. The molecule has 0 saturated carbocycles. The van der Waals surface area contributed by atoms with Crippen LogP contribution in [-0.4, -0.2) is 36.1 Å². The van der Waals surface area contributed by atoms with E-state index in [1.165, 1.54) is 7.11 Å². The van der Waals surface area contributed by atoms with Crippen molar-refractivity contribution in [2.45, 2.75) is 37.3 Å². The maximum atomic E-state index is 13.5. The minimum atomic E-state index is -5.08. The summed E-state index contributed by atoms with van der Waals surface area (Å²) in [5, 5.41) is 6.30. The molecule has 1 unspecified atom stereocenters. The molecule has 5 atom stereocenters. The minimum Gasteiger partial charge on any atom is -0.497 e. The molecule has 3 aliphatic rings. The average molecular weight is 631 g/mol. The Morgan fingerprint density at radius 1 is 1.00 bits per heavy atom. The topological polar surface area (TPSA) is 83.6 Å². The van der Waals surface area contributed by atoms with Crippen LogP contribution in [-0.2, 0) is 12.4 Å². The van der Waals surface area contributed by atoms with Gasteiger partial charge in [0.25, 0.3) is 10.9 Å². The van der Waals surface area contributed by atoms with Crippen molar-refractivity contribution in [3.8, 4) is 5.75 Å². The highest BCUT2D eigenvalue weighted by molar-refractivity contribution is 5.85. The summed E-state index contributed by atoms with van der Waals surface area (Å²) < 4.78 is 86.4. The van der Waals surface area contributed by atoms with Gasteiger partial charge in [-0.15, -0.1) is 6.58 Å². The van der Waals surface area contributed by atoms with E-state index in [2.05, 4.69) is 27.1 Å². The van der Waals surface area contributed by atoms with Gasteiger partial charge in [-0.1, -0.05) is 6.08 Å². The fraction of sp³-hybridized carbons (Fsp3) is 0.344. The fourth-order valence-electron chi connectivity index (χ4n) is 6.63. The van der Waals surface area contributed by atoms with Crippen LogP contribution in [0.4, 0.5) is 43.4 Å². The number of piperidine rings is 3. The van der Waals surface area contributed by atoms with Gasteiger partial charge < -0.3 is 15.4 Å². The van der Waals surface area contributed by atoms with Gasteiger partial charge in [-0.3, -0.25) is 19.5 Å². The van der Waals surface area contributed by atoms with Crippen LogP contribution >= 0.6 is 0 Å². The summed E-state index contributed by atoms with van der Waals surface area (Å²) in [5.41, 5.74) is -4.95. The van der Waals surface area contributed by atoms with Gasteiger partial charge in [-0.05, 0) is 79.3 Å². The van der Waals surface area contributed by atoms with E-state index in [-0.39, 0.29) is 23.7 Å². The maximum absolute atomic E-state index is 13.5. The van der Waals surface area contributed by atoms with Gasteiger partial charge in [0, 0.05) is 29.9 Å². The van der Waals surface area contributed by atoms with Crippen LogP contribution in [0.3, 0.4) is 0 Å². The number of alkyl halides is 6. The Morgan fingerprint density at radius 2 is 1.69 bits per heavy atom. The zero-order valence-corrected chi connectivity index (χ0v) is 23.9. The highest BCUT2D eigenvalue weighted by atomic mass is 19.4. The van der Waals surface area contributed by atoms with Crippen molar-refractivity contribution in [2.75, 3.05) is 30.8 Å². The summed E-state index contributed by atoms with van der Waals surface area (Å²) in [6.45, 7) is 5.48.